The second-order valence-electron chi connectivity index (χ2n) is 10.8. The molecule has 0 saturated carbocycles. The van der Waals surface area contributed by atoms with Crippen molar-refractivity contribution in [3.63, 3.8) is 0 Å². The van der Waals surface area contributed by atoms with Crippen LogP contribution in [0.5, 0.6) is 0 Å². The van der Waals surface area contributed by atoms with E-state index in [1.165, 1.54) is 6.07 Å². The van der Waals surface area contributed by atoms with E-state index in [4.69, 9.17) is 15.7 Å². The zero-order chi connectivity index (χ0) is 27.3. The average molecular weight is 528 g/mol. The molecule has 2 aliphatic rings. The van der Waals surface area contributed by atoms with Crippen molar-refractivity contribution in [2.24, 2.45) is 5.73 Å². The third-order valence-corrected chi connectivity index (χ3v) is 8.12. The van der Waals surface area contributed by atoms with Gasteiger partial charge in [-0.1, -0.05) is 18.2 Å². The van der Waals surface area contributed by atoms with Crippen LogP contribution < -0.4 is 15.5 Å². The molecule has 0 radical (unpaired) electrons. The summed E-state index contributed by atoms with van der Waals surface area (Å²) in [5, 5.41) is 1.14. The highest BCUT2D eigenvalue weighted by atomic mass is 19.1. The van der Waals surface area contributed by atoms with E-state index in [1.807, 2.05) is 25.3 Å². The molecule has 2 aromatic carbocycles. The van der Waals surface area contributed by atoms with Gasteiger partial charge in [-0.2, -0.15) is 0 Å². The van der Waals surface area contributed by atoms with Gasteiger partial charge < -0.3 is 20.5 Å². The topological polar surface area (TPSA) is 94.4 Å². The number of benzene rings is 2. The maximum Gasteiger partial charge on any atom is 0.231 e. The summed E-state index contributed by atoms with van der Waals surface area (Å²) in [6, 6.07) is 11.3. The minimum Gasteiger partial charge on any atom is -0.369 e. The number of hydrogen-bond donors (Lipinski definition) is 2. The van der Waals surface area contributed by atoms with Gasteiger partial charge in [0.05, 0.1) is 12.2 Å². The van der Waals surface area contributed by atoms with Crippen LogP contribution in [0.1, 0.15) is 29.3 Å². The number of rotatable bonds is 5. The number of H-pyrrole nitrogens is 1. The quantitative estimate of drug-likeness (QED) is 0.408. The first-order valence-corrected chi connectivity index (χ1v) is 13.5. The fourth-order valence-electron chi connectivity index (χ4n) is 6.07. The highest BCUT2D eigenvalue weighted by molar-refractivity contribution is 5.96. The minimum absolute atomic E-state index is 0.140. The summed E-state index contributed by atoms with van der Waals surface area (Å²) < 4.78 is 14.2. The minimum atomic E-state index is -0.312. The number of halogens is 1. The smallest absolute Gasteiger partial charge is 0.231 e. The average Bonchev–Trinajstić information content (AvgIpc) is 3.31. The molecular formula is C30H34FN7O. The van der Waals surface area contributed by atoms with Crippen LogP contribution in [0.4, 0.5) is 15.9 Å². The maximum atomic E-state index is 14.2. The summed E-state index contributed by atoms with van der Waals surface area (Å²) >= 11 is 0. The molecule has 3 N–H and O–H groups in total. The van der Waals surface area contributed by atoms with E-state index in [0.29, 0.717) is 6.54 Å². The first-order chi connectivity index (χ1) is 18.8. The van der Waals surface area contributed by atoms with Gasteiger partial charge >= 0.3 is 0 Å². The van der Waals surface area contributed by atoms with Crippen LogP contribution in [0.15, 0.2) is 42.6 Å². The molecule has 2 aliphatic heterocycles. The molecule has 202 valence electrons. The Bertz CT molecular complexity index is 1560. The molecule has 1 saturated heterocycles. The number of nitrogens with zero attached hydrogens (tertiary/aromatic N) is 5. The van der Waals surface area contributed by atoms with Gasteiger partial charge in [0, 0.05) is 79.1 Å². The number of aromatic nitrogens is 3. The fraction of sp³-hybridized carbons (Fsp3) is 0.367. The maximum absolute atomic E-state index is 14.2. The van der Waals surface area contributed by atoms with Gasteiger partial charge in [-0.3, -0.25) is 9.69 Å². The molecule has 4 aromatic rings. The van der Waals surface area contributed by atoms with Crippen molar-refractivity contribution in [1.82, 2.24) is 19.9 Å². The zero-order valence-corrected chi connectivity index (χ0v) is 22.7. The largest absolute Gasteiger partial charge is 0.369 e. The zero-order valence-electron chi connectivity index (χ0n) is 22.7. The fourth-order valence-corrected chi connectivity index (χ4v) is 6.07. The van der Waals surface area contributed by atoms with Crippen molar-refractivity contribution < 1.29 is 9.18 Å². The molecule has 6 rings (SSSR count). The lowest BCUT2D eigenvalue weighted by Gasteiger charge is -2.41. The predicted molar refractivity (Wildman–Crippen MR) is 152 cm³/mol. The SMILES string of the molecule is Cc1ccc(F)cc1N1CCc2nc(-c3cccc4[nH]cc(C)c34)nc(N3CCN(CC(N)=O)C(C)C3)c2C1. The number of aromatic amines is 1. The molecule has 1 unspecified atom stereocenters. The molecule has 2 aromatic heterocycles. The first kappa shape index (κ1) is 25.3. The molecular weight excluding hydrogens is 493 g/mol. The van der Waals surface area contributed by atoms with Crippen molar-refractivity contribution in [2.45, 2.75) is 39.8 Å². The predicted octanol–water partition coefficient (Wildman–Crippen LogP) is 3.94. The van der Waals surface area contributed by atoms with Crippen molar-refractivity contribution in [2.75, 3.05) is 42.5 Å². The number of anilines is 2. The van der Waals surface area contributed by atoms with Gasteiger partial charge in [0.2, 0.25) is 5.91 Å². The van der Waals surface area contributed by atoms with Gasteiger partial charge in [0.1, 0.15) is 11.6 Å². The number of nitrogens with two attached hydrogens (primary N) is 1. The number of fused-ring (bicyclic) bond motifs is 2. The number of piperazine rings is 1. The summed E-state index contributed by atoms with van der Waals surface area (Å²) in [4.78, 5) is 32.0. The molecule has 8 nitrogen and oxygen atoms in total. The van der Waals surface area contributed by atoms with Crippen LogP contribution in [-0.2, 0) is 17.8 Å². The number of carbonyl (C=O) groups excluding carboxylic acids is 1. The second-order valence-corrected chi connectivity index (χ2v) is 10.8. The van der Waals surface area contributed by atoms with E-state index in [-0.39, 0.29) is 24.3 Å². The van der Waals surface area contributed by atoms with Crippen LogP contribution in [0.25, 0.3) is 22.3 Å². The standard InChI is InChI=1S/C30H34FN7O/c1-18-7-8-21(31)13-26(18)37-10-9-24-23(16-37)30(38-12-11-36(17-27(32)39)20(3)15-38)35-29(34-24)22-5-4-6-25-28(22)19(2)14-33-25/h4-8,13-14,20,33H,9-12,15-17H2,1-3H3,(H2,32,39). The van der Waals surface area contributed by atoms with Crippen LogP contribution in [0, 0.1) is 19.7 Å². The van der Waals surface area contributed by atoms with Crippen molar-refractivity contribution in [3.05, 3.63) is 70.8 Å². The van der Waals surface area contributed by atoms with Crippen molar-refractivity contribution in [1.29, 1.82) is 0 Å². The van der Waals surface area contributed by atoms with E-state index < -0.39 is 0 Å². The second kappa shape index (κ2) is 9.96. The van der Waals surface area contributed by atoms with E-state index in [1.54, 1.807) is 6.07 Å². The molecule has 1 fully saturated rings. The van der Waals surface area contributed by atoms with Gasteiger partial charge in [-0.15, -0.1) is 0 Å². The Morgan fingerprint density at radius 2 is 1.95 bits per heavy atom. The van der Waals surface area contributed by atoms with Gasteiger partial charge in [0.15, 0.2) is 5.82 Å². The Hall–Kier alpha value is -3.98. The number of primary amides is 1. The highest BCUT2D eigenvalue weighted by Crippen LogP contribution is 2.36. The normalized spacial score (nSPS) is 18.0. The lowest BCUT2D eigenvalue weighted by Crippen LogP contribution is -2.54. The Balaban J connectivity index is 1.44. The highest BCUT2D eigenvalue weighted by Gasteiger charge is 2.31. The Morgan fingerprint density at radius 3 is 2.74 bits per heavy atom. The summed E-state index contributed by atoms with van der Waals surface area (Å²) in [6.45, 7) is 10.0. The van der Waals surface area contributed by atoms with Gasteiger partial charge in [0.25, 0.3) is 0 Å². The lowest BCUT2D eigenvalue weighted by molar-refractivity contribution is -0.119. The monoisotopic (exact) mass is 527 g/mol. The summed E-state index contributed by atoms with van der Waals surface area (Å²) in [5.74, 6) is 1.10. The van der Waals surface area contributed by atoms with Crippen LogP contribution in [-0.4, -0.2) is 64.5 Å². The number of hydrogen-bond acceptors (Lipinski definition) is 6. The van der Waals surface area contributed by atoms with E-state index >= 15 is 0 Å². The van der Waals surface area contributed by atoms with Crippen LogP contribution >= 0.6 is 0 Å². The Morgan fingerprint density at radius 1 is 1.10 bits per heavy atom. The first-order valence-electron chi connectivity index (χ1n) is 13.5. The number of nitrogens with one attached hydrogen (secondary N) is 1. The summed E-state index contributed by atoms with van der Waals surface area (Å²) in [6.07, 6.45) is 2.76. The molecule has 1 amide bonds. The van der Waals surface area contributed by atoms with E-state index in [2.05, 4.69) is 45.7 Å². The van der Waals surface area contributed by atoms with E-state index in [0.717, 1.165) is 88.8 Å². The molecule has 1 atom stereocenters. The molecule has 39 heavy (non-hydrogen) atoms. The van der Waals surface area contributed by atoms with Gasteiger partial charge in [-0.25, -0.2) is 14.4 Å². The molecule has 4 heterocycles. The van der Waals surface area contributed by atoms with Crippen LogP contribution in [0.2, 0.25) is 0 Å². The number of aryl methyl sites for hydroxylation is 2. The third kappa shape index (κ3) is 4.71. The summed E-state index contributed by atoms with van der Waals surface area (Å²) in [5.41, 5.74) is 12.8. The number of amides is 1. The van der Waals surface area contributed by atoms with E-state index in [9.17, 15) is 9.18 Å². The lowest BCUT2D eigenvalue weighted by atomic mass is 10.0. The van der Waals surface area contributed by atoms with Crippen LogP contribution in [0.3, 0.4) is 0 Å². The van der Waals surface area contributed by atoms with Gasteiger partial charge in [-0.05, 0) is 50.1 Å². The Kier molecular flexibility index (Phi) is 6.46. The summed E-state index contributed by atoms with van der Waals surface area (Å²) in [7, 11) is 0. The molecule has 0 aliphatic carbocycles. The Labute approximate surface area is 227 Å². The molecule has 9 heteroatoms. The van der Waals surface area contributed by atoms with Crippen molar-refractivity contribution in [3.8, 4) is 11.4 Å². The molecule has 0 spiro atoms. The number of carbonyl (C=O) groups is 1. The molecule has 0 bridgehead atoms. The third-order valence-electron chi connectivity index (χ3n) is 8.12. The van der Waals surface area contributed by atoms with Crippen molar-refractivity contribution >= 4 is 28.3 Å².